The first-order valence-electron chi connectivity index (χ1n) is 10.7. The molecule has 168 valence electrons. The smallest absolute Gasteiger partial charge is 0.263 e. The van der Waals surface area contributed by atoms with Crippen molar-refractivity contribution >= 4 is 49.8 Å². The summed E-state index contributed by atoms with van der Waals surface area (Å²) in [5.41, 5.74) is 2.46. The summed E-state index contributed by atoms with van der Waals surface area (Å²) in [7, 11) is 0. The number of carbonyl (C=O) groups is 1. The molecule has 0 saturated carbocycles. The van der Waals surface area contributed by atoms with Gasteiger partial charge in [0, 0.05) is 15.8 Å². The zero-order valence-corrected chi connectivity index (χ0v) is 19.9. The molecule has 5 rings (SSSR count). The van der Waals surface area contributed by atoms with E-state index in [-0.39, 0.29) is 24.1 Å². The van der Waals surface area contributed by atoms with E-state index < -0.39 is 0 Å². The molecule has 1 aromatic carbocycles. The van der Waals surface area contributed by atoms with Crippen LogP contribution < -0.4 is 10.9 Å². The highest BCUT2D eigenvalue weighted by Gasteiger charge is 2.21. The molecule has 0 aliphatic heterocycles. The van der Waals surface area contributed by atoms with E-state index in [1.54, 1.807) is 11.3 Å². The number of H-pyrrole nitrogens is 1. The second-order valence-corrected chi connectivity index (χ2v) is 10.2. The maximum absolute atomic E-state index is 13.2. The van der Waals surface area contributed by atoms with Crippen molar-refractivity contribution < 1.29 is 4.79 Å². The van der Waals surface area contributed by atoms with Crippen molar-refractivity contribution in [3.8, 4) is 10.4 Å². The van der Waals surface area contributed by atoms with E-state index in [0.29, 0.717) is 16.1 Å². The molecule has 4 aromatic heterocycles. The van der Waals surface area contributed by atoms with Crippen LogP contribution in [0.5, 0.6) is 0 Å². The molecule has 9 heteroatoms. The molecule has 0 saturated heterocycles. The normalized spacial score (nSPS) is 12.6. The second-order valence-electron chi connectivity index (χ2n) is 8.37. The van der Waals surface area contributed by atoms with E-state index in [0.717, 1.165) is 33.7 Å². The third-order valence-electron chi connectivity index (χ3n) is 5.44. The fourth-order valence-corrected chi connectivity index (χ4v) is 5.66. The summed E-state index contributed by atoms with van der Waals surface area (Å²) in [6.07, 6.45) is 2.18. The fraction of sp³-hybridized carbons (Fsp3) is 0.250. The van der Waals surface area contributed by atoms with Crippen LogP contribution in [0.25, 0.3) is 31.7 Å². The zero-order valence-electron chi connectivity index (χ0n) is 18.2. The van der Waals surface area contributed by atoms with Crippen molar-refractivity contribution in [2.45, 2.75) is 32.9 Å². The first-order chi connectivity index (χ1) is 16.0. The Hall–Kier alpha value is -3.30. The number of amides is 1. The molecular formula is C24H23N5O2S2. The Bertz CT molecular complexity index is 1450. The summed E-state index contributed by atoms with van der Waals surface area (Å²) < 4.78 is 1.38. The molecule has 1 atom stereocenters. The highest BCUT2D eigenvalue weighted by molar-refractivity contribution is 7.18. The Labute approximate surface area is 198 Å². The van der Waals surface area contributed by atoms with Gasteiger partial charge in [-0.15, -0.1) is 22.7 Å². The van der Waals surface area contributed by atoms with Crippen molar-refractivity contribution in [3.63, 3.8) is 0 Å². The zero-order chi connectivity index (χ0) is 22.9. The summed E-state index contributed by atoms with van der Waals surface area (Å²) in [5.74, 6) is 0.817. The number of rotatable bonds is 7. The molecule has 1 amide bonds. The molecule has 4 heterocycles. The van der Waals surface area contributed by atoms with Crippen LogP contribution >= 0.6 is 22.7 Å². The minimum absolute atomic E-state index is 0.101. The van der Waals surface area contributed by atoms with E-state index in [2.05, 4.69) is 34.1 Å². The van der Waals surface area contributed by atoms with Crippen molar-refractivity contribution in [2.75, 3.05) is 0 Å². The quantitative estimate of drug-likeness (QED) is 0.346. The number of aromatic nitrogens is 4. The number of nitrogens with one attached hydrogen (secondary N) is 2. The summed E-state index contributed by atoms with van der Waals surface area (Å²) in [4.78, 5) is 40.3. The van der Waals surface area contributed by atoms with Gasteiger partial charge in [-0.3, -0.25) is 14.2 Å². The van der Waals surface area contributed by atoms with Crippen LogP contribution in [0.4, 0.5) is 0 Å². The molecule has 0 radical (unpaired) electrons. The van der Waals surface area contributed by atoms with E-state index in [1.807, 2.05) is 47.2 Å². The SMILES string of the molecule is CC(C)CC(NC(=O)Cn1cnc2scc(-c3cccs3)c2c1=O)c1nc2ccccc2[nH]1. The van der Waals surface area contributed by atoms with Crippen LogP contribution in [-0.2, 0) is 11.3 Å². The van der Waals surface area contributed by atoms with E-state index >= 15 is 0 Å². The summed E-state index contributed by atoms with van der Waals surface area (Å²) in [6.45, 7) is 4.11. The number of hydrogen-bond acceptors (Lipinski definition) is 6. The van der Waals surface area contributed by atoms with Gasteiger partial charge in [0.2, 0.25) is 5.91 Å². The van der Waals surface area contributed by atoms with Crippen LogP contribution in [-0.4, -0.2) is 25.4 Å². The average molecular weight is 478 g/mol. The van der Waals surface area contributed by atoms with Gasteiger partial charge in [-0.2, -0.15) is 0 Å². The third kappa shape index (κ3) is 4.34. The number of hydrogen-bond donors (Lipinski definition) is 2. The molecule has 5 aromatic rings. The van der Waals surface area contributed by atoms with Gasteiger partial charge in [0.1, 0.15) is 17.2 Å². The van der Waals surface area contributed by atoms with Crippen LogP contribution in [0, 0.1) is 5.92 Å². The minimum atomic E-state index is -0.278. The summed E-state index contributed by atoms with van der Waals surface area (Å²) in [5, 5.41) is 7.57. The number of carbonyl (C=O) groups excluding carboxylic acids is 1. The van der Waals surface area contributed by atoms with Gasteiger partial charge in [0.15, 0.2) is 0 Å². The molecule has 0 fully saturated rings. The maximum atomic E-state index is 13.2. The lowest BCUT2D eigenvalue weighted by atomic mass is 10.0. The molecule has 0 aliphatic rings. The van der Waals surface area contributed by atoms with Gasteiger partial charge >= 0.3 is 0 Å². The molecule has 1 unspecified atom stereocenters. The number of nitrogens with zero attached hydrogens (tertiary/aromatic N) is 3. The largest absolute Gasteiger partial charge is 0.345 e. The van der Waals surface area contributed by atoms with Crippen molar-refractivity contribution in [1.29, 1.82) is 0 Å². The fourth-order valence-electron chi connectivity index (χ4n) is 3.94. The number of imidazole rings is 1. The molecule has 2 N–H and O–H groups in total. The Morgan fingerprint density at radius 2 is 2.03 bits per heavy atom. The predicted molar refractivity (Wildman–Crippen MR) is 134 cm³/mol. The van der Waals surface area contributed by atoms with Crippen molar-refractivity contribution in [3.05, 3.63) is 69.7 Å². The third-order valence-corrected chi connectivity index (χ3v) is 7.23. The molecule has 33 heavy (non-hydrogen) atoms. The van der Waals surface area contributed by atoms with Gasteiger partial charge in [0.25, 0.3) is 5.56 Å². The average Bonchev–Trinajstić information content (AvgIpc) is 3.53. The highest BCUT2D eigenvalue weighted by atomic mass is 32.1. The molecule has 0 bridgehead atoms. The van der Waals surface area contributed by atoms with Gasteiger partial charge in [-0.1, -0.05) is 32.0 Å². The first-order valence-corrected chi connectivity index (χ1v) is 12.5. The van der Waals surface area contributed by atoms with Crippen molar-refractivity contribution in [1.82, 2.24) is 24.8 Å². The van der Waals surface area contributed by atoms with Crippen LogP contribution in [0.1, 0.15) is 32.1 Å². The molecule has 7 nitrogen and oxygen atoms in total. The first kappa shape index (κ1) is 21.5. The topological polar surface area (TPSA) is 92.7 Å². The number of para-hydroxylation sites is 2. The highest BCUT2D eigenvalue weighted by Crippen LogP contribution is 2.33. The standard InChI is InChI=1S/C24H23N5O2S2/c1-14(2)10-18(22-27-16-6-3-4-7-17(16)28-22)26-20(30)11-29-13-25-23-21(24(29)31)15(12-33-23)19-8-5-9-32-19/h3-9,12-14,18H,10-11H2,1-2H3,(H,26,30)(H,27,28). The lowest BCUT2D eigenvalue weighted by molar-refractivity contribution is -0.122. The van der Waals surface area contributed by atoms with E-state index in [1.165, 1.54) is 22.2 Å². The van der Waals surface area contributed by atoms with Crippen molar-refractivity contribution in [2.24, 2.45) is 5.92 Å². The van der Waals surface area contributed by atoms with Crippen LogP contribution in [0.3, 0.4) is 0 Å². The van der Waals surface area contributed by atoms with E-state index in [9.17, 15) is 9.59 Å². The minimum Gasteiger partial charge on any atom is -0.345 e. The lowest BCUT2D eigenvalue weighted by Gasteiger charge is -2.19. The Balaban J connectivity index is 1.41. The van der Waals surface area contributed by atoms with Gasteiger partial charge < -0.3 is 10.3 Å². The predicted octanol–water partition coefficient (Wildman–Crippen LogP) is 4.97. The summed E-state index contributed by atoms with van der Waals surface area (Å²) >= 11 is 3.02. The van der Waals surface area contributed by atoms with Gasteiger partial charge in [-0.05, 0) is 35.9 Å². The molecule has 0 aliphatic carbocycles. The maximum Gasteiger partial charge on any atom is 0.263 e. The Morgan fingerprint density at radius 1 is 1.18 bits per heavy atom. The number of aromatic amines is 1. The lowest BCUT2D eigenvalue weighted by Crippen LogP contribution is -2.35. The molecular weight excluding hydrogens is 454 g/mol. The number of thiophene rings is 2. The second kappa shape index (κ2) is 8.92. The van der Waals surface area contributed by atoms with Gasteiger partial charge in [0.05, 0.1) is 28.8 Å². The van der Waals surface area contributed by atoms with Crippen LogP contribution in [0.2, 0.25) is 0 Å². The Kier molecular flexibility index (Phi) is 5.82. The Morgan fingerprint density at radius 3 is 2.79 bits per heavy atom. The monoisotopic (exact) mass is 477 g/mol. The number of benzene rings is 1. The molecule has 0 spiro atoms. The number of fused-ring (bicyclic) bond motifs is 2. The van der Waals surface area contributed by atoms with E-state index in [4.69, 9.17) is 0 Å². The summed E-state index contributed by atoms with van der Waals surface area (Å²) in [6, 6.07) is 11.5. The van der Waals surface area contributed by atoms with Gasteiger partial charge in [-0.25, -0.2) is 9.97 Å². The van der Waals surface area contributed by atoms with Crippen LogP contribution in [0.15, 0.2) is 58.3 Å².